The van der Waals surface area contributed by atoms with Gasteiger partial charge in [-0.05, 0) is 25.3 Å². The van der Waals surface area contributed by atoms with E-state index in [1.165, 1.54) is 4.90 Å². The normalized spacial score (nSPS) is 20.9. The van der Waals surface area contributed by atoms with E-state index in [-0.39, 0.29) is 50.5 Å². The summed E-state index contributed by atoms with van der Waals surface area (Å²) in [4.78, 5) is 28.8. The van der Waals surface area contributed by atoms with Gasteiger partial charge in [-0.3, -0.25) is 4.79 Å². The maximum atomic E-state index is 13.6. The number of hydrogen-bond donors (Lipinski definition) is 1. The Labute approximate surface area is 205 Å². The van der Waals surface area contributed by atoms with E-state index in [2.05, 4.69) is 9.97 Å². The van der Waals surface area contributed by atoms with Crippen LogP contribution in [0.5, 0.6) is 0 Å². The lowest BCUT2D eigenvalue weighted by Gasteiger charge is -2.34. The first-order chi connectivity index (χ1) is 17.1. The summed E-state index contributed by atoms with van der Waals surface area (Å²) in [5.74, 6) is -0.600. The molecule has 1 saturated carbocycles. The molecule has 3 aliphatic rings. The van der Waals surface area contributed by atoms with Crippen LogP contribution in [-0.4, -0.2) is 71.5 Å². The molecule has 8 nitrogen and oxygen atoms in total. The van der Waals surface area contributed by atoms with Crippen molar-refractivity contribution in [3.05, 3.63) is 41.7 Å². The molecule has 36 heavy (non-hydrogen) atoms. The molecular formula is C24H24F3N5O3S. The number of carbonyl (C=O) groups excluding carboxylic acids is 1. The number of anilines is 1. The summed E-state index contributed by atoms with van der Waals surface area (Å²) in [5.41, 5.74) is 1.44. The molecule has 190 valence electrons. The van der Waals surface area contributed by atoms with Gasteiger partial charge in [0.05, 0.1) is 29.4 Å². The van der Waals surface area contributed by atoms with Gasteiger partial charge in [-0.1, -0.05) is 18.2 Å². The third kappa shape index (κ3) is 3.73. The molecular weight excluding hydrogens is 495 g/mol. The van der Waals surface area contributed by atoms with Gasteiger partial charge in [0.25, 0.3) is 0 Å². The number of hydrogen-bond acceptors (Lipinski definition) is 6. The van der Waals surface area contributed by atoms with Gasteiger partial charge in [0.15, 0.2) is 9.84 Å². The fourth-order valence-electron chi connectivity index (χ4n) is 5.18. The van der Waals surface area contributed by atoms with Crippen molar-refractivity contribution in [2.75, 3.05) is 36.0 Å². The minimum absolute atomic E-state index is 0.0193. The molecule has 2 aromatic heterocycles. The Morgan fingerprint density at radius 2 is 1.78 bits per heavy atom. The summed E-state index contributed by atoms with van der Waals surface area (Å²) < 4.78 is 64.8. The molecule has 0 spiro atoms. The van der Waals surface area contributed by atoms with Crippen LogP contribution in [0.15, 0.2) is 30.5 Å². The Morgan fingerprint density at radius 3 is 2.47 bits per heavy atom. The van der Waals surface area contributed by atoms with Crippen molar-refractivity contribution in [3.8, 4) is 11.3 Å². The molecule has 1 aliphatic carbocycles. The van der Waals surface area contributed by atoms with E-state index < -0.39 is 27.3 Å². The van der Waals surface area contributed by atoms with Crippen molar-refractivity contribution in [2.45, 2.75) is 32.0 Å². The van der Waals surface area contributed by atoms with Gasteiger partial charge in [0.2, 0.25) is 11.9 Å². The maximum Gasteiger partial charge on any atom is 0.403 e. The number of amides is 1. The lowest BCUT2D eigenvalue weighted by Crippen LogP contribution is -2.46. The largest absolute Gasteiger partial charge is 0.403 e. The quantitative estimate of drug-likeness (QED) is 0.571. The molecule has 1 N–H and O–H groups in total. The van der Waals surface area contributed by atoms with Crippen molar-refractivity contribution in [1.82, 2.24) is 19.9 Å². The van der Waals surface area contributed by atoms with Crippen LogP contribution in [0.3, 0.4) is 0 Å². The van der Waals surface area contributed by atoms with Crippen LogP contribution in [0.25, 0.3) is 22.2 Å². The first-order valence-corrected chi connectivity index (χ1v) is 13.7. The van der Waals surface area contributed by atoms with Crippen LogP contribution in [0, 0.1) is 5.41 Å². The monoisotopic (exact) mass is 519 g/mol. The number of fused-ring (bicyclic) bond motifs is 2. The van der Waals surface area contributed by atoms with Gasteiger partial charge in [-0.15, -0.1) is 0 Å². The predicted molar refractivity (Wildman–Crippen MR) is 127 cm³/mol. The van der Waals surface area contributed by atoms with Gasteiger partial charge in [0.1, 0.15) is 5.41 Å². The maximum absolute atomic E-state index is 13.6. The molecule has 2 fully saturated rings. The SMILES string of the molecule is O=C(N1CCc2c(nc(N3CCS(=O)(=O)CC3)nc2-c2c[nH]c3ccccc23)C1)C1(C(F)(F)F)CC1. The number of nitrogens with zero attached hydrogens (tertiary/aromatic N) is 4. The Balaban J connectivity index is 1.42. The number of H-pyrrole nitrogens is 1. The fourth-order valence-corrected chi connectivity index (χ4v) is 6.38. The zero-order valence-corrected chi connectivity index (χ0v) is 20.1. The number of rotatable bonds is 3. The average Bonchev–Trinajstić information content (AvgIpc) is 3.57. The zero-order valence-electron chi connectivity index (χ0n) is 19.3. The highest BCUT2D eigenvalue weighted by molar-refractivity contribution is 7.91. The number of halogens is 3. The van der Waals surface area contributed by atoms with E-state index in [0.29, 0.717) is 23.8 Å². The lowest BCUT2D eigenvalue weighted by atomic mass is 9.96. The average molecular weight is 520 g/mol. The van der Waals surface area contributed by atoms with Gasteiger partial charge < -0.3 is 14.8 Å². The van der Waals surface area contributed by atoms with Gasteiger partial charge >= 0.3 is 6.18 Å². The second-order valence-electron chi connectivity index (χ2n) is 9.74. The molecule has 0 radical (unpaired) electrons. The number of nitrogens with one attached hydrogen (secondary N) is 1. The third-order valence-electron chi connectivity index (χ3n) is 7.51. The van der Waals surface area contributed by atoms with Crippen LogP contribution < -0.4 is 4.90 Å². The van der Waals surface area contributed by atoms with E-state index in [0.717, 1.165) is 22.0 Å². The first-order valence-electron chi connectivity index (χ1n) is 11.9. The Morgan fingerprint density at radius 1 is 1.06 bits per heavy atom. The topological polar surface area (TPSA) is 99.3 Å². The molecule has 1 amide bonds. The van der Waals surface area contributed by atoms with E-state index >= 15 is 0 Å². The summed E-state index contributed by atoms with van der Waals surface area (Å²) in [6.45, 7) is 0.579. The standard InChI is InChI=1S/C24H24F3N5O3S/c25-24(26,27)23(6-7-23)21(33)32-8-5-16-19(14-32)29-22(31-9-11-36(34,35)12-10-31)30-20(16)17-13-28-18-4-2-1-3-15(17)18/h1-4,13,28H,5-12,14H2. The van der Waals surface area contributed by atoms with Crippen molar-refractivity contribution in [2.24, 2.45) is 5.41 Å². The smallest absolute Gasteiger partial charge is 0.360 e. The number of aromatic amines is 1. The van der Waals surface area contributed by atoms with Crippen molar-refractivity contribution < 1.29 is 26.4 Å². The Kier molecular flexibility index (Phi) is 5.12. The molecule has 1 aromatic carbocycles. The number of aromatic nitrogens is 3. The summed E-state index contributed by atoms with van der Waals surface area (Å²) in [6.07, 6.45) is -2.76. The van der Waals surface area contributed by atoms with Crippen LogP contribution in [0.4, 0.5) is 19.1 Å². The van der Waals surface area contributed by atoms with Crippen LogP contribution in [0.2, 0.25) is 0 Å². The molecule has 0 bridgehead atoms. The molecule has 0 atom stereocenters. The number of alkyl halides is 3. The van der Waals surface area contributed by atoms with Crippen molar-refractivity contribution >= 4 is 32.6 Å². The molecule has 1 saturated heterocycles. The van der Waals surface area contributed by atoms with Crippen molar-refractivity contribution in [1.29, 1.82) is 0 Å². The Hall–Kier alpha value is -3.15. The van der Waals surface area contributed by atoms with E-state index in [1.54, 1.807) is 4.90 Å². The highest BCUT2D eigenvalue weighted by atomic mass is 32.2. The predicted octanol–water partition coefficient (Wildman–Crippen LogP) is 3.09. The molecule has 3 aromatic rings. The first kappa shape index (κ1) is 23.3. The van der Waals surface area contributed by atoms with Gasteiger partial charge in [-0.2, -0.15) is 13.2 Å². The number of sulfone groups is 1. The van der Waals surface area contributed by atoms with Crippen LogP contribution in [0.1, 0.15) is 24.1 Å². The van der Waals surface area contributed by atoms with Crippen LogP contribution in [-0.2, 0) is 27.6 Å². The summed E-state index contributed by atoms with van der Waals surface area (Å²) in [6, 6.07) is 7.73. The van der Waals surface area contributed by atoms with Crippen molar-refractivity contribution in [3.63, 3.8) is 0 Å². The minimum atomic E-state index is -4.57. The third-order valence-corrected chi connectivity index (χ3v) is 9.12. The molecule has 2 aliphatic heterocycles. The number of para-hydroxylation sites is 1. The van der Waals surface area contributed by atoms with E-state index in [9.17, 15) is 26.4 Å². The molecule has 0 unspecified atom stereocenters. The lowest BCUT2D eigenvalue weighted by molar-refractivity contribution is -0.199. The zero-order chi connectivity index (χ0) is 25.3. The molecule has 6 rings (SSSR count). The van der Waals surface area contributed by atoms with Crippen LogP contribution >= 0.6 is 0 Å². The number of carbonyl (C=O) groups is 1. The summed E-state index contributed by atoms with van der Waals surface area (Å²) in [7, 11) is -3.13. The second kappa shape index (κ2) is 7.92. The highest BCUT2D eigenvalue weighted by Gasteiger charge is 2.69. The fraction of sp³-hybridized carbons (Fsp3) is 0.458. The minimum Gasteiger partial charge on any atom is -0.360 e. The van der Waals surface area contributed by atoms with E-state index in [4.69, 9.17) is 4.98 Å². The number of benzene rings is 1. The summed E-state index contributed by atoms with van der Waals surface area (Å²) >= 11 is 0. The second-order valence-corrected chi connectivity index (χ2v) is 12.0. The highest BCUT2D eigenvalue weighted by Crippen LogP contribution is 2.59. The van der Waals surface area contributed by atoms with Gasteiger partial charge in [-0.25, -0.2) is 18.4 Å². The van der Waals surface area contributed by atoms with E-state index in [1.807, 2.05) is 30.5 Å². The van der Waals surface area contributed by atoms with Gasteiger partial charge in [0, 0.05) is 47.9 Å². The summed E-state index contributed by atoms with van der Waals surface area (Å²) in [5, 5.41) is 0.943. The Bertz CT molecular complexity index is 1470. The molecule has 12 heteroatoms. The molecule has 4 heterocycles.